The predicted molar refractivity (Wildman–Crippen MR) is 72.1 cm³/mol. The summed E-state index contributed by atoms with van der Waals surface area (Å²) in [6.45, 7) is 1.00. The molecular weight excluding hydrogens is 264 g/mol. The first kappa shape index (κ1) is 12.9. The summed E-state index contributed by atoms with van der Waals surface area (Å²) in [7, 11) is 0. The van der Waals surface area contributed by atoms with Gasteiger partial charge in [-0.1, -0.05) is 54.5 Å². The van der Waals surface area contributed by atoms with Crippen LogP contribution in [-0.4, -0.2) is 18.0 Å². The van der Waals surface area contributed by atoms with E-state index >= 15 is 0 Å². The van der Waals surface area contributed by atoms with E-state index in [0.717, 1.165) is 11.9 Å². The van der Waals surface area contributed by atoms with Crippen LogP contribution in [0.15, 0.2) is 0 Å². The summed E-state index contributed by atoms with van der Waals surface area (Å²) in [5, 5.41) is 1.13. The van der Waals surface area contributed by atoms with Crippen molar-refractivity contribution < 1.29 is 4.74 Å². The minimum atomic E-state index is 0.478. The molecule has 2 heteroatoms. The molecule has 0 aromatic heterocycles. The molecular formula is C14H25BrO. The lowest BCUT2D eigenvalue weighted by Gasteiger charge is -2.28. The van der Waals surface area contributed by atoms with Gasteiger partial charge in [-0.05, 0) is 25.7 Å². The van der Waals surface area contributed by atoms with Crippen molar-refractivity contribution in [2.75, 3.05) is 11.9 Å². The first-order chi connectivity index (χ1) is 7.85. The summed E-state index contributed by atoms with van der Waals surface area (Å²) in [5.41, 5.74) is 0.478. The molecule has 0 amide bonds. The van der Waals surface area contributed by atoms with Gasteiger partial charge < -0.3 is 4.74 Å². The van der Waals surface area contributed by atoms with Crippen LogP contribution in [0.5, 0.6) is 0 Å². The van der Waals surface area contributed by atoms with Crippen molar-refractivity contribution in [1.82, 2.24) is 0 Å². The lowest BCUT2D eigenvalue weighted by molar-refractivity contribution is -0.00604. The fraction of sp³-hybridized carbons (Fsp3) is 1.00. The van der Waals surface area contributed by atoms with Gasteiger partial charge in [0.25, 0.3) is 0 Å². The van der Waals surface area contributed by atoms with Gasteiger partial charge in [-0.2, -0.15) is 0 Å². The molecule has 0 heterocycles. The lowest BCUT2D eigenvalue weighted by Crippen LogP contribution is -2.28. The average molecular weight is 289 g/mol. The van der Waals surface area contributed by atoms with Crippen LogP contribution in [0.1, 0.15) is 64.2 Å². The third-order valence-corrected chi connectivity index (χ3v) is 5.56. The van der Waals surface area contributed by atoms with Gasteiger partial charge in [-0.3, -0.25) is 0 Å². The third-order valence-electron chi connectivity index (χ3n) is 4.38. The lowest BCUT2D eigenvalue weighted by atomic mass is 9.90. The first-order valence-electron chi connectivity index (χ1n) is 7.02. The Labute approximate surface area is 108 Å². The zero-order valence-corrected chi connectivity index (χ0v) is 11.9. The van der Waals surface area contributed by atoms with Crippen molar-refractivity contribution in [3.8, 4) is 0 Å². The highest BCUT2D eigenvalue weighted by molar-refractivity contribution is 9.09. The molecule has 0 unspecified atom stereocenters. The number of hydrogen-bond acceptors (Lipinski definition) is 1. The minimum absolute atomic E-state index is 0.478. The molecule has 94 valence electrons. The van der Waals surface area contributed by atoms with E-state index in [-0.39, 0.29) is 0 Å². The van der Waals surface area contributed by atoms with E-state index in [1.807, 2.05) is 0 Å². The maximum atomic E-state index is 6.21. The van der Waals surface area contributed by atoms with Gasteiger partial charge >= 0.3 is 0 Å². The Bertz CT molecular complexity index is 191. The fourth-order valence-electron chi connectivity index (χ4n) is 3.14. The highest BCUT2D eigenvalue weighted by atomic mass is 79.9. The Morgan fingerprint density at radius 1 is 0.938 bits per heavy atom. The van der Waals surface area contributed by atoms with Crippen LogP contribution in [0, 0.1) is 5.41 Å². The van der Waals surface area contributed by atoms with Crippen molar-refractivity contribution >= 4 is 15.9 Å². The smallest absolute Gasteiger partial charge is 0.0575 e. The molecule has 0 aliphatic heterocycles. The number of hydrogen-bond donors (Lipinski definition) is 0. The SMILES string of the molecule is BrCC1(COC2CCCCCC2)CCCC1. The number of ether oxygens (including phenoxy) is 1. The molecule has 0 radical (unpaired) electrons. The second-order valence-corrected chi connectivity index (χ2v) is 6.33. The van der Waals surface area contributed by atoms with Crippen LogP contribution in [0.25, 0.3) is 0 Å². The summed E-state index contributed by atoms with van der Waals surface area (Å²) in [6, 6.07) is 0. The molecule has 16 heavy (non-hydrogen) atoms. The minimum Gasteiger partial charge on any atom is -0.378 e. The Morgan fingerprint density at radius 3 is 2.12 bits per heavy atom. The van der Waals surface area contributed by atoms with Crippen molar-refractivity contribution in [3.05, 3.63) is 0 Å². The van der Waals surface area contributed by atoms with Gasteiger partial charge in [-0.15, -0.1) is 0 Å². The van der Waals surface area contributed by atoms with Gasteiger partial charge in [0.05, 0.1) is 12.7 Å². The van der Waals surface area contributed by atoms with Crippen LogP contribution < -0.4 is 0 Å². The van der Waals surface area contributed by atoms with Crippen molar-refractivity contribution in [2.24, 2.45) is 5.41 Å². The van der Waals surface area contributed by atoms with Gasteiger partial charge in [0.2, 0.25) is 0 Å². The molecule has 0 N–H and O–H groups in total. The largest absolute Gasteiger partial charge is 0.378 e. The Morgan fingerprint density at radius 2 is 1.56 bits per heavy atom. The van der Waals surface area contributed by atoms with Crippen molar-refractivity contribution in [1.29, 1.82) is 0 Å². The zero-order valence-electron chi connectivity index (χ0n) is 10.3. The van der Waals surface area contributed by atoms with E-state index < -0.39 is 0 Å². The van der Waals surface area contributed by atoms with Crippen LogP contribution in [0.3, 0.4) is 0 Å². The number of halogens is 1. The number of rotatable bonds is 4. The van der Waals surface area contributed by atoms with E-state index in [4.69, 9.17) is 4.74 Å². The molecule has 2 saturated carbocycles. The quantitative estimate of drug-likeness (QED) is 0.539. The molecule has 2 aliphatic carbocycles. The fourth-order valence-corrected chi connectivity index (χ4v) is 3.87. The molecule has 2 aliphatic rings. The summed E-state index contributed by atoms with van der Waals surface area (Å²) < 4.78 is 6.21. The molecule has 0 aromatic rings. The topological polar surface area (TPSA) is 9.23 Å². The Hall–Kier alpha value is 0.440. The molecule has 1 nitrogen and oxygen atoms in total. The van der Waals surface area contributed by atoms with Crippen molar-refractivity contribution in [2.45, 2.75) is 70.3 Å². The standard InChI is InChI=1S/C14H25BrO/c15-11-14(9-5-6-10-14)12-16-13-7-3-1-2-4-8-13/h13H,1-12H2. The summed E-state index contributed by atoms with van der Waals surface area (Å²) in [5.74, 6) is 0. The number of alkyl halides is 1. The van der Waals surface area contributed by atoms with Crippen molar-refractivity contribution in [3.63, 3.8) is 0 Å². The molecule has 0 bridgehead atoms. The normalized spacial score (nSPS) is 26.8. The molecule has 2 fully saturated rings. The van der Waals surface area contributed by atoms with Gasteiger partial charge in [0.1, 0.15) is 0 Å². The van der Waals surface area contributed by atoms with Gasteiger partial charge in [-0.25, -0.2) is 0 Å². The van der Waals surface area contributed by atoms with E-state index in [9.17, 15) is 0 Å². The molecule has 0 spiro atoms. The Balaban J connectivity index is 1.76. The highest BCUT2D eigenvalue weighted by Gasteiger charge is 2.33. The third kappa shape index (κ3) is 3.46. The van der Waals surface area contributed by atoms with E-state index in [2.05, 4.69) is 15.9 Å². The monoisotopic (exact) mass is 288 g/mol. The van der Waals surface area contributed by atoms with E-state index in [1.165, 1.54) is 64.2 Å². The second-order valence-electron chi connectivity index (χ2n) is 5.77. The summed E-state index contributed by atoms with van der Waals surface area (Å²) in [4.78, 5) is 0. The predicted octanol–water partition coefficient (Wildman–Crippen LogP) is 4.68. The van der Waals surface area contributed by atoms with Crippen LogP contribution in [-0.2, 0) is 4.74 Å². The maximum absolute atomic E-state index is 6.21. The van der Waals surface area contributed by atoms with E-state index in [0.29, 0.717) is 11.5 Å². The molecule has 2 rings (SSSR count). The second kappa shape index (κ2) is 6.39. The van der Waals surface area contributed by atoms with Gasteiger partial charge in [0.15, 0.2) is 0 Å². The molecule has 0 saturated heterocycles. The van der Waals surface area contributed by atoms with Gasteiger partial charge in [0, 0.05) is 10.7 Å². The van der Waals surface area contributed by atoms with E-state index in [1.54, 1.807) is 0 Å². The zero-order chi connectivity index (χ0) is 11.3. The van der Waals surface area contributed by atoms with Crippen LogP contribution >= 0.6 is 15.9 Å². The average Bonchev–Trinajstić information content (AvgIpc) is 2.63. The molecule has 0 atom stereocenters. The summed E-state index contributed by atoms with van der Waals surface area (Å²) >= 11 is 3.69. The highest BCUT2D eigenvalue weighted by Crippen LogP contribution is 2.40. The molecule has 0 aromatic carbocycles. The summed E-state index contributed by atoms with van der Waals surface area (Å²) in [6.07, 6.45) is 14.3. The maximum Gasteiger partial charge on any atom is 0.0575 e. The van der Waals surface area contributed by atoms with Crippen LogP contribution in [0.4, 0.5) is 0 Å². The Kier molecular flexibility index (Phi) is 5.15. The first-order valence-corrected chi connectivity index (χ1v) is 8.14. The van der Waals surface area contributed by atoms with Crippen LogP contribution in [0.2, 0.25) is 0 Å².